The number of benzene rings is 3. The van der Waals surface area contributed by atoms with Gasteiger partial charge in [0.25, 0.3) is 0 Å². The highest BCUT2D eigenvalue weighted by Gasteiger charge is 2.36. The highest BCUT2D eigenvalue weighted by Crippen LogP contribution is 2.45. The minimum absolute atomic E-state index is 0.00531. The van der Waals surface area contributed by atoms with Gasteiger partial charge in [-0.25, -0.2) is 4.98 Å². The van der Waals surface area contributed by atoms with Crippen molar-refractivity contribution < 1.29 is 14.3 Å². The second kappa shape index (κ2) is 9.82. The van der Waals surface area contributed by atoms with Crippen LogP contribution in [0.3, 0.4) is 0 Å². The summed E-state index contributed by atoms with van der Waals surface area (Å²) in [5.41, 5.74) is 3.52. The van der Waals surface area contributed by atoms with E-state index in [0.717, 1.165) is 58.0 Å². The summed E-state index contributed by atoms with van der Waals surface area (Å²) in [5, 5.41) is 1.37. The fourth-order valence-corrected chi connectivity index (χ4v) is 6.11. The second-order valence-electron chi connectivity index (χ2n) is 9.07. The fraction of sp³-hybridized carbons (Fsp3) is 0.286. The van der Waals surface area contributed by atoms with Gasteiger partial charge in [0.05, 0.1) is 29.3 Å². The number of carbonyl (C=O) groups excluding carboxylic acids is 1. The van der Waals surface area contributed by atoms with E-state index in [1.807, 2.05) is 72.5 Å². The summed E-state index contributed by atoms with van der Waals surface area (Å²) in [5.74, 6) is 0.950. The van der Waals surface area contributed by atoms with Crippen LogP contribution in [0.25, 0.3) is 10.2 Å². The monoisotopic (exact) mass is 519 g/mol. The van der Waals surface area contributed by atoms with Crippen LogP contribution in [0.5, 0.6) is 11.5 Å². The van der Waals surface area contributed by atoms with E-state index in [-0.39, 0.29) is 5.91 Å². The average Bonchev–Trinajstić information content (AvgIpc) is 3.34. The molecule has 2 aliphatic rings. The molecule has 0 saturated carbocycles. The molecule has 0 atom stereocenters. The summed E-state index contributed by atoms with van der Waals surface area (Å²) in [6.07, 6.45) is 0. The number of aryl methyl sites for hydroxylation is 1. The Morgan fingerprint density at radius 3 is 2.42 bits per heavy atom. The number of aromatic nitrogens is 1. The zero-order valence-corrected chi connectivity index (χ0v) is 21.5. The van der Waals surface area contributed by atoms with Gasteiger partial charge in [0.2, 0.25) is 5.91 Å². The van der Waals surface area contributed by atoms with Crippen molar-refractivity contribution >= 4 is 44.2 Å². The molecule has 6 rings (SSSR count). The quantitative estimate of drug-likeness (QED) is 0.330. The van der Waals surface area contributed by atoms with Gasteiger partial charge in [0.1, 0.15) is 11.5 Å². The summed E-state index contributed by atoms with van der Waals surface area (Å²) in [6, 6.07) is 19.5. The lowest BCUT2D eigenvalue weighted by Crippen LogP contribution is -2.44. The smallest absolute Gasteiger partial charge is 0.241 e. The van der Waals surface area contributed by atoms with E-state index in [0.29, 0.717) is 29.9 Å². The predicted octanol–water partition coefficient (Wildman–Crippen LogP) is 5.86. The molecule has 0 unspecified atom stereocenters. The lowest BCUT2D eigenvalue weighted by molar-refractivity contribution is -0.119. The molecule has 3 heterocycles. The number of amides is 1. The molecule has 2 aliphatic heterocycles. The number of anilines is 1. The number of thiazole rings is 1. The Labute approximate surface area is 219 Å². The Morgan fingerprint density at radius 2 is 1.72 bits per heavy atom. The van der Waals surface area contributed by atoms with Gasteiger partial charge < -0.3 is 9.47 Å². The maximum absolute atomic E-state index is 14.5. The van der Waals surface area contributed by atoms with Crippen molar-refractivity contribution in [1.29, 1.82) is 0 Å². The Bertz CT molecular complexity index is 1390. The lowest BCUT2D eigenvalue weighted by atomic mass is 9.87. The molecule has 0 radical (unpaired) electrons. The summed E-state index contributed by atoms with van der Waals surface area (Å²) in [7, 11) is 0. The first-order chi connectivity index (χ1) is 17.6. The number of hydrogen-bond donors (Lipinski definition) is 0. The Balaban J connectivity index is 1.42. The first-order valence-corrected chi connectivity index (χ1v) is 13.3. The van der Waals surface area contributed by atoms with E-state index in [4.69, 9.17) is 26.1 Å². The summed E-state index contributed by atoms with van der Waals surface area (Å²) in [6.45, 7) is 6.41. The average molecular weight is 520 g/mol. The summed E-state index contributed by atoms with van der Waals surface area (Å²) in [4.78, 5) is 23.6. The van der Waals surface area contributed by atoms with Crippen LogP contribution in [0.15, 0.2) is 60.7 Å². The molecule has 184 valence electrons. The van der Waals surface area contributed by atoms with Crippen LogP contribution in [0.2, 0.25) is 5.02 Å². The Hall–Kier alpha value is -2.97. The predicted molar refractivity (Wildman–Crippen MR) is 144 cm³/mol. The van der Waals surface area contributed by atoms with E-state index in [1.54, 1.807) is 0 Å². The number of morpholine rings is 1. The molecule has 4 aromatic rings. The van der Waals surface area contributed by atoms with Crippen molar-refractivity contribution in [2.75, 3.05) is 44.3 Å². The van der Waals surface area contributed by atoms with Crippen LogP contribution >= 0.6 is 22.9 Å². The number of rotatable bonds is 5. The molecular formula is C28H26ClN3O3S. The van der Waals surface area contributed by atoms with Gasteiger partial charge in [-0.1, -0.05) is 59.3 Å². The van der Waals surface area contributed by atoms with Crippen LogP contribution in [0.1, 0.15) is 22.6 Å². The Morgan fingerprint density at radius 1 is 1.06 bits per heavy atom. The van der Waals surface area contributed by atoms with Crippen molar-refractivity contribution in [3.63, 3.8) is 0 Å². The van der Waals surface area contributed by atoms with Gasteiger partial charge in [0.15, 0.2) is 5.13 Å². The number of hydrogen-bond acceptors (Lipinski definition) is 6. The highest BCUT2D eigenvalue weighted by atomic mass is 35.5. The van der Waals surface area contributed by atoms with E-state index < -0.39 is 5.92 Å². The molecule has 3 aromatic carbocycles. The van der Waals surface area contributed by atoms with Crippen molar-refractivity contribution in [2.24, 2.45) is 0 Å². The number of carbonyl (C=O) groups is 1. The maximum Gasteiger partial charge on any atom is 0.241 e. The third-order valence-electron chi connectivity index (χ3n) is 6.90. The zero-order valence-electron chi connectivity index (χ0n) is 19.9. The first-order valence-electron chi connectivity index (χ1n) is 12.1. The largest absolute Gasteiger partial charge is 0.457 e. The van der Waals surface area contributed by atoms with Crippen molar-refractivity contribution in [3.05, 3.63) is 82.4 Å². The van der Waals surface area contributed by atoms with Crippen LogP contribution in [0.4, 0.5) is 5.13 Å². The molecule has 0 aliphatic carbocycles. The van der Waals surface area contributed by atoms with Crippen LogP contribution in [-0.2, 0) is 9.53 Å². The molecule has 8 heteroatoms. The van der Waals surface area contributed by atoms with E-state index in [1.165, 1.54) is 11.3 Å². The van der Waals surface area contributed by atoms with Crippen LogP contribution in [0, 0.1) is 6.92 Å². The molecule has 1 saturated heterocycles. The molecular weight excluding hydrogens is 494 g/mol. The number of nitrogens with zero attached hydrogens (tertiary/aromatic N) is 3. The highest BCUT2D eigenvalue weighted by molar-refractivity contribution is 7.22. The lowest BCUT2D eigenvalue weighted by Gasteiger charge is -2.33. The standard InChI is InChI=1S/C28H26ClN3O3S/c1-18-21(29)10-11-24-26(18)30-28(36-24)32(13-12-31-14-16-34-17-15-31)27(33)25-19-6-2-4-8-22(19)35-23-9-5-3-7-20(23)25/h2-11,25H,12-17H2,1H3. The number of halogens is 1. The molecule has 1 aromatic heterocycles. The van der Waals surface area contributed by atoms with Gasteiger partial charge in [0, 0.05) is 42.3 Å². The van der Waals surface area contributed by atoms with Gasteiger partial charge >= 0.3 is 0 Å². The number of para-hydroxylation sites is 2. The second-order valence-corrected chi connectivity index (χ2v) is 10.5. The SMILES string of the molecule is Cc1c(Cl)ccc2sc(N(CCN3CCOCC3)C(=O)C3c4ccccc4Oc4ccccc43)nc12. The first kappa shape index (κ1) is 23.4. The Kier molecular flexibility index (Phi) is 6.39. The van der Waals surface area contributed by atoms with Crippen LogP contribution < -0.4 is 9.64 Å². The van der Waals surface area contributed by atoms with Crippen LogP contribution in [-0.4, -0.2) is 55.2 Å². The van der Waals surface area contributed by atoms with E-state index in [2.05, 4.69) is 4.90 Å². The summed E-state index contributed by atoms with van der Waals surface area (Å²) >= 11 is 7.92. The third-order valence-corrected chi connectivity index (χ3v) is 8.36. The molecule has 1 fully saturated rings. The zero-order chi connectivity index (χ0) is 24.6. The summed E-state index contributed by atoms with van der Waals surface area (Å²) < 4.78 is 12.7. The topological polar surface area (TPSA) is 54.9 Å². The molecule has 36 heavy (non-hydrogen) atoms. The van der Waals surface area contributed by atoms with E-state index in [9.17, 15) is 4.79 Å². The molecule has 1 amide bonds. The maximum atomic E-state index is 14.5. The van der Waals surface area contributed by atoms with Gasteiger partial charge in [-0.15, -0.1) is 0 Å². The number of fused-ring (bicyclic) bond motifs is 3. The molecule has 0 N–H and O–H groups in total. The van der Waals surface area contributed by atoms with Gasteiger partial charge in [-0.3, -0.25) is 14.6 Å². The van der Waals surface area contributed by atoms with Gasteiger partial charge in [-0.05, 0) is 36.8 Å². The fourth-order valence-electron chi connectivity index (χ4n) is 4.90. The molecule has 6 nitrogen and oxygen atoms in total. The van der Waals surface area contributed by atoms with E-state index >= 15 is 0 Å². The van der Waals surface area contributed by atoms with Crippen molar-refractivity contribution in [1.82, 2.24) is 9.88 Å². The van der Waals surface area contributed by atoms with Crippen molar-refractivity contribution in [3.8, 4) is 11.5 Å². The van der Waals surface area contributed by atoms with Crippen molar-refractivity contribution in [2.45, 2.75) is 12.8 Å². The number of ether oxygens (including phenoxy) is 2. The van der Waals surface area contributed by atoms with Gasteiger partial charge in [-0.2, -0.15) is 0 Å². The minimum Gasteiger partial charge on any atom is -0.457 e. The molecule has 0 spiro atoms. The molecule has 0 bridgehead atoms. The minimum atomic E-state index is -0.479. The third kappa shape index (κ3) is 4.26. The normalized spacial score (nSPS) is 15.8.